The lowest BCUT2D eigenvalue weighted by Crippen LogP contribution is -2.28. The van der Waals surface area contributed by atoms with Gasteiger partial charge in [0.25, 0.3) is 0 Å². The second-order valence-corrected chi connectivity index (χ2v) is 10.8. The molecule has 0 amide bonds. The summed E-state index contributed by atoms with van der Waals surface area (Å²) in [5.41, 5.74) is 2.76. The Morgan fingerprint density at radius 1 is 1.03 bits per heavy atom. The largest absolute Gasteiger partial charge is 0.497 e. The first-order valence-electron chi connectivity index (χ1n) is 11.3. The van der Waals surface area contributed by atoms with Gasteiger partial charge in [-0.05, 0) is 53.1 Å². The molecule has 0 atom stereocenters. The van der Waals surface area contributed by atoms with Crippen LogP contribution in [0.2, 0.25) is 0 Å². The number of aryl methyl sites for hydroxylation is 1. The van der Waals surface area contributed by atoms with Crippen molar-refractivity contribution < 1.29 is 26.3 Å². The molecule has 194 valence electrons. The summed E-state index contributed by atoms with van der Waals surface area (Å²) < 4.78 is 72.7. The van der Waals surface area contributed by atoms with Gasteiger partial charge in [-0.25, -0.2) is 12.7 Å². The van der Waals surface area contributed by atoms with Crippen LogP contribution in [0.15, 0.2) is 72.9 Å². The molecule has 10 heteroatoms. The molecule has 0 unspecified atom stereocenters. The lowest BCUT2D eigenvalue weighted by atomic mass is 9.99. The summed E-state index contributed by atoms with van der Waals surface area (Å²) in [4.78, 5) is 0. The minimum absolute atomic E-state index is 0.216. The van der Waals surface area contributed by atoms with Crippen molar-refractivity contribution in [1.82, 2.24) is 14.1 Å². The summed E-state index contributed by atoms with van der Waals surface area (Å²) >= 11 is 0. The summed E-state index contributed by atoms with van der Waals surface area (Å²) in [5, 5.41) is 5.25. The number of methoxy groups -OCH3 is 1. The number of halogens is 3. The highest BCUT2D eigenvalue weighted by Gasteiger charge is 2.30. The van der Waals surface area contributed by atoms with Gasteiger partial charge < -0.3 is 4.74 Å². The summed E-state index contributed by atoms with van der Waals surface area (Å²) in [5.74, 6) is 0.468. The highest BCUT2D eigenvalue weighted by Crippen LogP contribution is 2.33. The zero-order chi connectivity index (χ0) is 26.8. The Kier molecular flexibility index (Phi) is 7.42. The summed E-state index contributed by atoms with van der Waals surface area (Å²) in [6, 6.07) is 15.8. The van der Waals surface area contributed by atoms with Crippen LogP contribution >= 0.6 is 0 Å². The normalized spacial score (nSPS) is 12.6. The molecule has 0 aliphatic rings. The van der Waals surface area contributed by atoms with Gasteiger partial charge >= 0.3 is 6.18 Å². The van der Waals surface area contributed by atoms with Crippen molar-refractivity contribution >= 4 is 27.0 Å². The number of rotatable bonds is 8. The van der Waals surface area contributed by atoms with Gasteiger partial charge in [0.1, 0.15) is 5.75 Å². The topological polar surface area (TPSA) is 64.4 Å². The molecule has 37 heavy (non-hydrogen) atoms. The van der Waals surface area contributed by atoms with E-state index in [0.29, 0.717) is 28.0 Å². The standard InChI is InChI=1S/C27H26F3N3O3S/c1-32-18-23-16-22(20-8-10-24(11-9-20)27(28,29)30)15-21(26(23)31-32)5-4-14-37(34,35)33(2)17-19-6-12-25(36-3)13-7-19/h4-13,15-16,18H,14,17H2,1-3H3/b5-4+. The van der Waals surface area contributed by atoms with Crippen molar-refractivity contribution in [2.75, 3.05) is 19.9 Å². The SMILES string of the molecule is COc1ccc(CN(C)S(=O)(=O)C/C=C/c2cc(-c3ccc(C(F)(F)F)cc3)cc3cn(C)nc23)cc1. The Balaban J connectivity index is 1.56. The summed E-state index contributed by atoms with van der Waals surface area (Å²) in [7, 11) is 1.27. The third-order valence-corrected chi connectivity index (χ3v) is 7.63. The minimum atomic E-state index is -4.41. The van der Waals surface area contributed by atoms with E-state index in [1.54, 1.807) is 55.4 Å². The molecule has 0 aliphatic heterocycles. The van der Waals surface area contributed by atoms with Crippen LogP contribution in [0.3, 0.4) is 0 Å². The Morgan fingerprint density at radius 2 is 1.70 bits per heavy atom. The van der Waals surface area contributed by atoms with Crippen LogP contribution in [0.4, 0.5) is 13.2 Å². The highest BCUT2D eigenvalue weighted by molar-refractivity contribution is 7.89. The molecule has 0 bridgehead atoms. The van der Waals surface area contributed by atoms with E-state index in [1.165, 1.54) is 23.5 Å². The number of hydrogen-bond acceptors (Lipinski definition) is 4. The van der Waals surface area contributed by atoms with Crippen LogP contribution < -0.4 is 4.74 Å². The molecular formula is C27H26F3N3O3S. The maximum absolute atomic E-state index is 13.0. The molecule has 0 radical (unpaired) electrons. The number of nitrogens with zero attached hydrogens (tertiary/aromatic N) is 3. The first kappa shape index (κ1) is 26.4. The molecule has 1 aromatic heterocycles. The van der Waals surface area contributed by atoms with Gasteiger partial charge in [0, 0.05) is 37.8 Å². The molecule has 0 saturated heterocycles. The molecule has 4 aromatic rings. The van der Waals surface area contributed by atoms with Gasteiger partial charge in [-0.3, -0.25) is 4.68 Å². The number of ether oxygens (including phenoxy) is 1. The Labute approximate surface area is 213 Å². The lowest BCUT2D eigenvalue weighted by Gasteiger charge is -2.16. The second-order valence-electron chi connectivity index (χ2n) is 8.67. The smallest absolute Gasteiger partial charge is 0.416 e. The Bertz CT molecular complexity index is 1530. The molecule has 6 nitrogen and oxygen atoms in total. The van der Waals surface area contributed by atoms with E-state index in [4.69, 9.17) is 4.74 Å². The van der Waals surface area contributed by atoms with Crippen LogP contribution in [0.25, 0.3) is 28.1 Å². The summed E-state index contributed by atoms with van der Waals surface area (Å²) in [6.07, 6.45) is 0.632. The first-order chi connectivity index (χ1) is 17.5. The van der Waals surface area contributed by atoms with E-state index in [2.05, 4.69) is 5.10 Å². The highest BCUT2D eigenvalue weighted by atomic mass is 32.2. The fourth-order valence-corrected chi connectivity index (χ4v) is 4.88. The van der Waals surface area contributed by atoms with Crippen molar-refractivity contribution in [3.8, 4) is 16.9 Å². The Morgan fingerprint density at radius 3 is 2.32 bits per heavy atom. The van der Waals surface area contributed by atoms with Crippen molar-refractivity contribution in [2.45, 2.75) is 12.7 Å². The van der Waals surface area contributed by atoms with E-state index in [1.807, 2.05) is 18.2 Å². The van der Waals surface area contributed by atoms with E-state index in [9.17, 15) is 21.6 Å². The quantitative estimate of drug-likeness (QED) is 0.292. The maximum atomic E-state index is 13.0. The van der Waals surface area contributed by atoms with Gasteiger partial charge in [-0.1, -0.05) is 36.4 Å². The third kappa shape index (κ3) is 6.20. The third-order valence-electron chi connectivity index (χ3n) is 5.94. The maximum Gasteiger partial charge on any atom is 0.416 e. The Hall–Kier alpha value is -3.63. The predicted molar refractivity (Wildman–Crippen MR) is 138 cm³/mol. The fourth-order valence-electron chi connectivity index (χ4n) is 3.94. The van der Waals surface area contributed by atoms with Crippen molar-refractivity contribution in [2.24, 2.45) is 7.05 Å². The van der Waals surface area contributed by atoms with Gasteiger partial charge in [0.15, 0.2) is 0 Å². The van der Waals surface area contributed by atoms with Crippen LogP contribution in [0, 0.1) is 0 Å². The molecular weight excluding hydrogens is 503 g/mol. The van der Waals surface area contributed by atoms with Crippen molar-refractivity contribution in [1.29, 1.82) is 0 Å². The van der Waals surface area contributed by atoms with Crippen LogP contribution in [-0.4, -0.2) is 42.4 Å². The summed E-state index contributed by atoms with van der Waals surface area (Å²) in [6.45, 7) is 0.216. The van der Waals surface area contributed by atoms with Crippen LogP contribution in [0.1, 0.15) is 16.7 Å². The van der Waals surface area contributed by atoms with Gasteiger partial charge in [0.05, 0.1) is 23.9 Å². The molecule has 0 saturated carbocycles. The molecule has 0 N–H and O–H groups in total. The molecule has 0 aliphatic carbocycles. The van der Waals surface area contributed by atoms with E-state index >= 15 is 0 Å². The van der Waals surface area contributed by atoms with Gasteiger partial charge in [-0.2, -0.15) is 18.3 Å². The first-order valence-corrected chi connectivity index (χ1v) is 13.0. The van der Waals surface area contributed by atoms with E-state index in [0.717, 1.165) is 23.1 Å². The second kappa shape index (κ2) is 10.4. The number of alkyl halides is 3. The predicted octanol–water partition coefficient (Wildman–Crippen LogP) is 5.74. The number of benzene rings is 3. The number of sulfonamides is 1. The zero-order valence-corrected chi connectivity index (χ0v) is 21.3. The number of fused-ring (bicyclic) bond motifs is 1. The fraction of sp³-hybridized carbons (Fsp3) is 0.222. The monoisotopic (exact) mass is 529 g/mol. The number of aromatic nitrogens is 2. The van der Waals surface area contributed by atoms with Crippen molar-refractivity contribution in [3.05, 3.63) is 89.6 Å². The lowest BCUT2D eigenvalue weighted by molar-refractivity contribution is -0.137. The van der Waals surface area contributed by atoms with Crippen LogP contribution in [-0.2, 0) is 29.8 Å². The van der Waals surface area contributed by atoms with E-state index in [-0.39, 0.29) is 12.3 Å². The van der Waals surface area contributed by atoms with E-state index < -0.39 is 21.8 Å². The molecule has 1 heterocycles. The van der Waals surface area contributed by atoms with Gasteiger partial charge in [-0.15, -0.1) is 0 Å². The molecule has 4 rings (SSSR count). The molecule has 0 fully saturated rings. The van der Waals surface area contributed by atoms with Crippen molar-refractivity contribution in [3.63, 3.8) is 0 Å². The molecule has 3 aromatic carbocycles. The average Bonchev–Trinajstić information content (AvgIpc) is 3.24. The zero-order valence-electron chi connectivity index (χ0n) is 20.5. The average molecular weight is 530 g/mol. The number of hydrogen-bond donors (Lipinski definition) is 0. The minimum Gasteiger partial charge on any atom is -0.497 e. The van der Waals surface area contributed by atoms with Gasteiger partial charge in [0.2, 0.25) is 10.0 Å². The molecule has 0 spiro atoms. The van der Waals surface area contributed by atoms with Crippen LogP contribution in [0.5, 0.6) is 5.75 Å².